The highest BCUT2D eigenvalue weighted by molar-refractivity contribution is 8.00. The van der Waals surface area contributed by atoms with Gasteiger partial charge in [-0.25, -0.2) is 0 Å². The van der Waals surface area contributed by atoms with E-state index in [1.807, 2.05) is 23.9 Å². The van der Waals surface area contributed by atoms with Gasteiger partial charge in [-0.15, -0.1) is 11.8 Å². The molecule has 2 nitrogen and oxygen atoms in total. The molecule has 100 valence electrons. The van der Waals surface area contributed by atoms with Crippen molar-refractivity contribution in [3.63, 3.8) is 0 Å². The van der Waals surface area contributed by atoms with Gasteiger partial charge in [-0.3, -0.25) is 0 Å². The van der Waals surface area contributed by atoms with Crippen LogP contribution in [0.4, 0.5) is 0 Å². The molecule has 1 aliphatic carbocycles. The van der Waals surface area contributed by atoms with E-state index in [9.17, 15) is 0 Å². The molecule has 0 amide bonds. The average molecular weight is 265 g/mol. The van der Waals surface area contributed by atoms with Crippen LogP contribution in [0.1, 0.15) is 26.2 Å². The fraction of sp³-hybridized carbons (Fsp3) is 0.600. The second kappa shape index (κ2) is 6.48. The zero-order valence-corrected chi connectivity index (χ0v) is 12.3. The minimum atomic E-state index is 0.621. The molecule has 0 heterocycles. The van der Waals surface area contributed by atoms with Crippen LogP contribution in [0.25, 0.3) is 0 Å². The highest BCUT2D eigenvalue weighted by Crippen LogP contribution is 2.39. The molecule has 0 aromatic heterocycles. The lowest BCUT2D eigenvalue weighted by atomic mass is 9.87. The van der Waals surface area contributed by atoms with Gasteiger partial charge in [0.15, 0.2) is 0 Å². The summed E-state index contributed by atoms with van der Waals surface area (Å²) < 4.78 is 5.44. The molecule has 1 fully saturated rings. The Labute approximate surface area is 114 Å². The van der Waals surface area contributed by atoms with Crippen molar-refractivity contribution in [2.24, 2.45) is 5.92 Å². The van der Waals surface area contributed by atoms with Crippen molar-refractivity contribution in [2.45, 2.75) is 42.4 Å². The summed E-state index contributed by atoms with van der Waals surface area (Å²) in [6.45, 7) is 2.36. The van der Waals surface area contributed by atoms with Gasteiger partial charge in [0, 0.05) is 16.2 Å². The summed E-state index contributed by atoms with van der Waals surface area (Å²) in [5.41, 5.74) is 0. The molecule has 2 rings (SSSR count). The summed E-state index contributed by atoms with van der Waals surface area (Å²) in [5.74, 6) is 1.83. The maximum atomic E-state index is 5.44. The van der Waals surface area contributed by atoms with E-state index < -0.39 is 0 Å². The summed E-state index contributed by atoms with van der Waals surface area (Å²) in [6.07, 6.45) is 3.91. The van der Waals surface area contributed by atoms with Gasteiger partial charge >= 0.3 is 0 Å². The normalized spacial score (nSPS) is 28.1. The van der Waals surface area contributed by atoms with Crippen molar-refractivity contribution in [3.8, 4) is 5.75 Å². The molecule has 0 aliphatic heterocycles. The van der Waals surface area contributed by atoms with Crippen LogP contribution in [0.3, 0.4) is 0 Å². The molecular formula is C15H23NOS. The van der Waals surface area contributed by atoms with E-state index in [1.165, 1.54) is 24.2 Å². The Bertz CT molecular complexity index is 383. The Morgan fingerprint density at radius 1 is 1.28 bits per heavy atom. The van der Waals surface area contributed by atoms with Gasteiger partial charge in [0.1, 0.15) is 5.75 Å². The number of rotatable bonds is 4. The third kappa shape index (κ3) is 3.21. The van der Waals surface area contributed by atoms with E-state index in [2.05, 4.69) is 31.4 Å². The lowest BCUT2D eigenvalue weighted by Gasteiger charge is -2.34. The summed E-state index contributed by atoms with van der Waals surface area (Å²) >= 11 is 1.96. The Morgan fingerprint density at radius 2 is 2.06 bits per heavy atom. The van der Waals surface area contributed by atoms with E-state index in [-0.39, 0.29) is 0 Å². The second-order valence-electron chi connectivity index (χ2n) is 5.12. The van der Waals surface area contributed by atoms with Crippen LogP contribution < -0.4 is 10.1 Å². The average Bonchev–Trinajstić information content (AvgIpc) is 2.40. The number of ether oxygens (including phenoxy) is 1. The van der Waals surface area contributed by atoms with E-state index in [1.54, 1.807) is 7.11 Å². The molecule has 0 bridgehead atoms. The molecule has 1 N–H and O–H groups in total. The highest BCUT2D eigenvalue weighted by atomic mass is 32.2. The van der Waals surface area contributed by atoms with Crippen molar-refractivity contribution < 1.29 is 4.74 Å². The van der Waals surface area contributed by atoms with E-state index in [4.69, 9.17) is 4.74 Å². The summed E-state index contributed by atoms with van der Waals surface area (Å²) in [6, 6.07) is 8.95. The van der Waals surface area contributed by atoms with E-state index in [0.717, 1.165) is 11.7 Å². The highest BCUT2D eigenvalue weighted by Gasteiger charge is 2.28. The zero-order valence-electron chi connectivity index (χ0n) is 11.5. The first-order valence-corrected chi connectivity index (χ1v) is 7.59. The number of benzene rings is 1. The van der Waals surface area contributed by atoms with Gasteiger partial charge < -0.3 is 10.1 Å². The van der Waals surface area contributed by atoms with Crippen LogP contribution in [0, 0.1) is 5.92 Å². The first-order chi connectivity index (χ1) is 8.74. The first kappa shape index (κ1) is 13.8. The molecule has 1 aromatic rings. The van der Waals surface area contributed by atoms with E-state index >= 15 is 0 Å². The molecule has 0 saturated heterocycles. The van der Waals surface area contributed by atoms with Crippen molar-refractivity contribution in [1.82, 2.24) is 5.32 Å². The minimum absolute atomic E-state index is 0.621. The molecule has 1 aliphatic rings. The smallest absolute Gasteiger partial charge is 0.132 e. The Kier molecular flexibility index (Phi) is 4.95. The Hall–Kier alpha value is -0.670. The van der Waals surface area contributed by atoms with Crippen LogP contribution in [-0.2, 0) is 0 Å². The van der Waals surface area contributed by atoms with Gasteiger partial charge in [-0.05, 0) is 44.4 Å². The first-order valence-electron chi connectivity index (χ1n) is 6.71. The predicted octanol–water partition coefficient (Wildman–Crippen LogP) is 3.56. The third-order valence-electron chi connectivity index (χ3n) is 3.77. The molecule has 1 aromatic carbocycles. The van der Waals surface area contributed by atoms with Crippen LogP contribution >= 0.6 is 11.8 Å². The quantitative estimate of drug-likeness (QED) is 0.899. The maximum Gasteiger partial charge on any atom is 0.132 e. The van der Waals surface area contributed by atoms with Gasteiger partial charge in [0.2, 0.25) is 0 Å². The summed E-state index contributed by atoms with van der Waals surface area (Å²) in [5, 5.41) is 4.12. The lowest BCUT2D eigenvalue weighted by molar-refractivity contribution is 0.328. The van der Waals surface area contributed by atoms with Crippen LogP contribution in [0.2, 0.25) is 0 Å². The second-order valence-corrected chi connectivity index (χ2v) is 6.40. The van der Waals surface area contributed by atoms with Gasteiger partial charge in [0.05, 0.1) is 7.11 Å². The number of nitrogens with one attached hydrogen (secondary N) is 1. The van der Waals surface area contributed by atoms with Crippen LogP contribution in [-0.4, -0.2) is 25.4 Å². The number of thioether (sulfide) groups is 1. The van der Waals surface area contributed by atoms with Crippen molar-refractivity contribution in [2.75, 3.05) is 14.2 Å². The largest absolute Gasteiger partial charge is 0.496 e. The fourth-order valence-corrected chi connectivity index (χ4v) is 4.28. The molecule has 3 atom stereocenters. The van der Waals surface area contributed by atoms with Crippen molar-refractivity contribution in [1.29, 1.82) is 0 Å². The zero-order chi connectivity index (χ0) is 13.0. The molecule has 3 heteroatoms. The van der Waals surface area contributed by atoms with Crippen molar-refractivity contribution >= 4 is 11.8 Å². The van der Waals surface area contributed by atoms with Crippen molar-refractivity contribution in [3.05, 3.63) is 24.3 Å². The molecule has 18 heavy (non-hydrogen) atoms. The Balaban J connectivity index is 2.10. The topological polar surface area (TPSA) is 21.3 Å². The standard InChI is InChI=1S/C15H23NOS/c1-11-8-9-12(16-2)15(10-11)18-14-7-5-4-6-13(14)17-3/h4-7,11-12,15-16H,8-10H2,1-3H3. The maximum absolute atomic E-state index is 5.44. The van der Waals surface area contributed by atoms with Gasteiger partial charge in [0.25, 0.3) is 0 Å². The molecule has 0 spiro atoms. The SMILES string of the molecule is CNC1CCC(C)CC1Sc1ccccc1OC. The predicted molar refractivity (Wildman–Crippen MR) is 78.5 cm³/mol. The monoisotopic (exact) mass is 265 g/mol. The number of hydrogen-bond donors (Lipinski definition) is 1. The van der Waals surface area contributed by atoms with Gasteiger partial charge in [-0.1, -0.05) is 19.1 Å². The summed E-state index contributed by atoms with van der Waals surface area (Å²) in [4.78, 5) is 1.26. The minimum Gasteiger partial charge on any atom is -0.496 e. The summed E-state index contributed by atoms with van der Waals surface area (Å²) in [7, 11) is 3.83. The molecule has 1 saturated carbocycles. The molecular weight excluding hydrogens is 242 g/mol. The molecule has 0 radical (unpaired) electrons. The van der Waals surface area contributed by atoms with Gasteiger partial charge in [-0.2, -0.15) is 0 Å². The van der Waals surface area contributed by atoms with Crippen LogP contribution in [0.5, 0.6) is 5.75 Å². The third-order valence-corrected chi connectivity index (χ3v) is 5.19. The fourth-order valence-electron chi connectivity index (χ4n) is 2.67. The number of para-hydroxylation sites is 1. The molecule has 3 unspecified atom stereocenters. The van der Waals surface area contributed by atoms with Crippen LogP contribution in [0.15, 0.2) is 29.2 Å². The Morgan fingerprint density at radius 3 is 2.78 bits per heavy atom. The number of hydrogen-bond acceptors (Lipinski definition) is 3. The number of methoxy groups -OCH3 is 1. The lowest BCUT2D eigenvalue weighted by Crippen LogP contribution is -2.40. The van der Waals surface area contributed by atoms with E-state index in [0.29, 0.717) is 11.3 Å².